The Morgan fingerprint density at radius 3 is 2.14 bits per heavy atom. The van der Waals surface area contributed by atoms with Crippen LogP contribution in [0, 0.1) is 0 Å². The SMILES string of the molecule is COc1ccc(/C=C2/C=C(c3ccccc3)N(Cc3ccccc3)C2=O)cc1. The van der Waals surface area contributed by atoms with Gasteiger partial charge in [-0.25, -0.2) is 0 Å². The smallest absolute Gasteiger partial charge is 0.258 e. The largest absolute Gasteiger partial charge is 0.497 e. The van der Waals surface area contributed by atoms with Crippen molar-refractivity contribution in [1.82, 2.24) is 4.90 Å². The molecular weight excluding hydrogens is 346 g/mol. The summed E-state index contributed by atoms with van der Waals surface area (Å²) in [6, 6.07) is 27.8. The van der Waals surface area contributed by atoms with Crippen LogP contribution in [0.1, 0.15) is 16.7 Å². The molecule has 0 N–H and O–H groups in total. The van der Waals surface area contributed by atoms with E-state index in [1.807, 2.05) is 102 Å². The van der Waals surface area contributed by atoms with Crippen molar-refractivity contribution in [2.24, 2.45) is 0 Å². The van der Waals surface area contributed by atoms with Crippen molar-refractivity contribution in [3.63, 3.8) is 0 Å². The maximum Gasteiger partial charge on any atom is 0.258 e. The minimum absolute atomic E-state index is 0.0125. The molecule has 0 saturated heterocycles. The van der Waals surface area contributed by atoms with E-state index in [4.69, 9.17) is 4.74 Å². The van der Waals surface area contributed by atoms with Crippen LogP contribution in [-0.2, 0) is 11.3 Å². The number of benzene rings is 3. The topological polar surface area (TPSA) is 29.5 Å². The Kier molecular flexibility index (Phi) is 5.07. The molecule has 3 aromatic carbocycles. The van der Waals surface area contributed by atoms with E-state index in [0.29, 0.717) is 12.1 Å². The highest BCUT2D eigenvalue weighted by Crippen LogP contribution is 2.32. The number of carbonyl (C=O) groups excluding carboxylic acids is 1. The van der Waals surface area contributed by atoms with Crippen LogP contribution in [0.4, 0.5) is 0 Å². The number of carbonyl (C=O) groups is 1. The maximum atomic E-state index is 13.2. The van der Waals surface area contributed by atoms with E-state index in [2.05, 4.69) is 0 Å². The highest BCUT2D eigenvalue weighted by atomic mass is 16.5. The molecule has 1 aliphatic heterocycles. The summed E-state index contributed by atoms with van der Waals surface area (Å²) in [7, 11) is 1.64. The Morgan fingerprint density at radius 2 is 1.50 bits per heavy atom. The van der Waals surface area contributed by atoms with Crippen LogP contribution in [0.3, 0.4) is 0 Å². The van der Waals surface area contributed by atoms with E-state index in [-0.39, 0.29) is 5.91 Å². The zero-order valence-corrected chi connectivity index (χ0v) is 15.7. The fourth-order valence-electron chi connectivity index (χ4n) is 3.31. The highest BCUT2D eigenvalue weighted by Gasteiger charge is 2.28. The molecule has 138 valence electrons. The van der Waals surface area contributed by atoms with Gasteiger partial charge in [0.2, 0.25) is 0 Å². The van der Waals surface area contributed by atoms with Crippen LogP contribution < -0.4 is 4.74 Å². The van der Waals surface area contributed by atoms with Crippen molar-refractivity contribution in [2.45, 2.75) is 6.54 Å². The number of ether oxygens (including phenoxy) is 1. The van der Waals surface area contributed by atoms with Gasteiger partial charge in [-0.1, -0.05) is 72.8 Å². The molecule has 0 aromatic heterocycles. The van der Waals surface area contributed by atoms with Crippen LogP contribution >= 0.6 is 0 Å². The molecule has 0 fully saturated rings. The summed E-state index contributed by atoms with van der Waals surface area (Å²) < 4.78 is 5.21. The molecule has 0 radical (unpaired) electrons. The summed E-state index contributed by atoms with van der Waals surface area (Å²) in [6.45, 7) is 0.542. The average Bonchev–Trinajstić information content (AvgIpc) is 3.05. The number of hydrogen-bond acceptors (Lipinski definition) is 2. The average molecular weight is 367 g/mol. The summed E-state index contributed by atoms with van der Waals surface area (Å²) in [5, 5.41) is 0. The van der Waals surface area contributed by atoms with E-state index in [9.17, 15) is 4.79 Å². The lowest BCUT2D eigenvalue weighted by atomic mass is 10.1. The van der Waals surface area contributed by atoms with Gasteiger partial charge in [0.05, 0.1) is 19.4 Å². The van der Waals surface area contributed by atoms with Crippen LogP contribution in [0.15, 0.2) is 96.6 Å². The van der Waals surface area contributed by atoms with Crippen LogP contribution in [0.25, 0.3) is 11.8 Å². The zero-order valence-electron chi connectivity index (χ0n) is 15.7. The lowest BCUT2D eigenvalue weighted by Gasteiger charge is -2.20. The molecule has 3 nitrogen and oxygen atoms in total. The third kappa shape index (κ3) is 3.74. The predicted molar refractivity (Wildman–Crippen MR) is 112 cm³/mol. The Morgan fingerprint density at radius 1 is 0.857 bits per heavy atom. The van der Waals surface area contributed by atoms with Gasteiger partial charge < -0.3 is 9.64 Å². The third-order valence-corrected chi connectivity index (χ3v) is 4.77. The first-order valence-corrected chi connectivity index (χ1v) is 9.23. The molecule has 1 aliphatic rings. The molecule has 0 aliphatic carbocycles. The Labute approximate surface area is 165 Å². The van der Waals surface area contributed by atoms with Crippen molar-refractivity contribution in [3.05, 3.63) is 113 Å². The number of nitrogens with zero attached hydrogens (tertiary/aromatic N) is 1. The van der Waals surface area contributed by atoms with Gasteiger partial charge in [0.1, 0.15) is 5.75 Å². The molecule has 0 saturated carbocycles. The number of hydrogen-bond donors (Lipinski definition) is 0. The number of methoxy groups -OCH3 is 1. The minimum Gasteiger partial charge on any atom is -0.497 e. The molecule has 0 atom stereocenters. The van der Waals surface area contributed by atoms with Gasteiger partial charge in [-0.2, -0.15) is 0 Å². The Bertz CT molecular complexity index is 1020. The molecule has 0 unspecified atom stereocenters. The van der Waals surface area contributed by atoms with E-state index < -0.39 is 0 Å². The second kappa shape index (κ2) is 7.97. The Hall–Kier alpha value is -3.59. The first-order valence-electron chi connectivity index (χ1n) is 9.23. The van der Waals surface area contributed by atoms with Gasteiger partial charge >= 0.3 is 0 Å². The quantitative estimate of drug-likeness (QED) is 0.583. The van der Waals surface area contributed by atoms with Crippen LogP contribution in [-0.4, -0.2) is 17.9 Å². The van der Waals surface area contributed by atoms with Gasteiger partial charge in [0, 0.05) is 5.57 Å². The summed E-state index contributed by atoms with van der Waals surface area (Å²) in [4.78, 5) is 15.0. The summed E-state index contributed by atoms with van der Waals surface area (Å²) >= 11 is 0. The summed E-state index contributed by atoms with van der Waals surface area (Å²) in [5.41, 5.74) is 4.71. The van der Waals surface area contributed by atoms with Crippen molar-refractivity contribution < 1.29 is 9.53 Å². The van der Waals surface area contributed by atoms with E-state index >= 15 is 0 Å². The predicted octanol–water partition coefficient (Wildman–Crippen LogP) is 5.16. The van der Waals surface area contributed by atoms with E-state index in [1.165, 1.54) is 0 Å². The monoisotopic (exact) mass is 367 g/mol. The van der Waals surface area contributed by atoms with Crippen LogP contribution in [0.2, 0.25) is 0 Å². The molecule has 3 heteroatoms. The molecular formula is C25H21NO2. The molecule has 28 heavy (non-hydrogen) atoms. The van der Waals surface area contributed by atoms with E-state index in [0.717, 1.165) is 28.1 Å². The first kappa shape index (κ1) is 17.8. The Balaban J connectivity index is 1.70. The van der Waals surface area contributed by atoms with Gasteiger partial charge in [0.15, 0.2) is 0 Å². The normalized spacial score (nSPS) is 15.0. The molecule has 0 bridgehead atoms. The highest BCUT2D eigenvalue weighted by molar-refractivity contribution is 6.10. The lowest BCUT2D eigenvalue weighted by Crippen LogP contribution is -2.25. The maximum absolute atomic E-state index is 13.2. The zero-order chi connectivity index (χ0) is 19.3. The van der Waals surface area contributed by atoms with Gasteiger partial charge in [-0.05, 0) is 41.0 Å². The first-order chi connectivity index (χ1) is 13.7. The fraction of sp³-hybridized carbons (Fsp3) is 0.0800. The molecule has 4 rings (SSSR count). The lowest BCUT2D eigenvalue weighted by molar-refractivity contribution is -0.123. The van der Waals surface area contributed by atoms with E-state index in [1.54, 1.807) is 7.11 Å². The van der Waals surface area contributed by atoms with Crippen molar-refractivity contribution in [1.29, 1.82) is 0 Å². The van der Waals surface area contributed by atoms with Crippen molar-refractivity contribution >= 4 is 17.7 Å². The molecule has 0 spiro atoms. The number of amides is 1. The molecule has 1 amide bonds. The number of rotatable bonds is 5. The summed E-state index contributed by atoms with van der Waals surface area (Å²) in [6.07, 6.45) is 3.90. The second-order valence-electron chi connectivity index (χ2n) is 6.65. The minimum atomic E-state index is 0.0125. The van der Waals surface area contributed by atoms with Gasteiger partial charge in [-0.3, -0.25) is 4.79 Å². The summed E-state index contributed by atoms with van der Waals surface area (Å²) in [5.74, 6) is 0.810. The standard InChI is InChI=1S/C25H21NO2/c1-28-23-14-12-19(13-15-23)16-22-17-24(21-10-6-3-7-11-21)26(25(22)27)18-20-8-4-2-5-9-20/h2-17H,18H2,1H3/b22-16-. The molecule has 1 heterocycles. The van der Waals surface area contributed by atoms with Crippen molar-refractivity contribution in [3.8, 4) is 5.75 Å². The van der Waals surface area contributed by atoms with Crippen LogP contribution in [0.5, 0.6) is 5.75 Å². The van der Waals surface area contributed by atoms with Gasteiger partial charge in [-0.15, -0.1) is 0 Å². The van der Waals surface area contributed by atoms with Crippen molar-refractivity contribution in [2.75, 3.05) is 7.11 Å². The van der Waals surface area contributed by atoms with Gasteiger partial charge in [0.25, 0.3) is 5.91 Å². The molecule has 3 aromatic rings. The second-order valence-corrected chi connectivity index (χ2v) is 6.65. The third-order valence-electron chi connectivity index (χ3n) is 4.77. The fourth-order valence-corrected chi connectivity index (χ4v) is 3.31.